The zero-order valence-electron chi connectivity index (χ0n) is 14.6. The normalized spacial score (nSPS) is 17.1. The Morgan fingerprint density at radius 3 is 0.657 bits per heavy atom. The van der Waals surface area contributed by atoms with E-state index >= 15 is 0 Å². The third-order valence-corrected chi connectivity index (χ3v) is 5.60. The first-order valence-corrected chi connectivity index (χ1v) is 9.80. The standard InChI is InChI=1S/C10ClF23Si/c11-35(33,34)10(31,32)8(26,27)6(22,23)4(18,19)2(14,15)1(12,13)3(16,17)5(20,21)7(24,25)9(28,29)30. The summed E-state index contributed by atoms with van der Waals surface area (Å²) in [6.07, 6.45) is -8.08. The fourth-order valence-electron chi connectivity index (χ4n) is 1.74. The van der Waals surface area contributed by atoms with Gasteiger partial charge in [-0.2, -0.15) is 92.2 Å². The summed E-state index contributed by atoms with van der Waals surface area (Å²) in [6.45, 7) is 0. The van der Waals surface area contributed by atoms with Crippen molar-refractivity contribution in [2.75, 3.05) is 0 Å². The smallest absolute Gasteiger partial charge is 0.247 e. The molecule has 0 aliphatic carbocycles. The molecule has 0 nitrogen and oxygen atoms in total. The molecule has 0 aromatic carbocycles. The average molecular weight is 621 g/mol. The van der Waals surface area contributed by atoms with E-state index < -0.39 is 67.2 Å². The molecule has 0 unspecified atom stereocenters. The predicted octanol–water partition coefficient (Wildman–Crippen LogP) is 7.92. The summed E-state index contributed by atoms with van der Waals surface area (Å²) in [6, 6.07) is 0. The lowest BCUT2D eigenvalue weighted by Crippen LogP contribution is -2.77. The maximum atomic E-state index is 13.3. The number of alkyl halides is 21. The zero-order chi connectivity index (χ0) is 29.5. The second kappa shape index (κ2) is 7.95. The topological polar surface area (TPSA) is 0 Å². The first-order chi connectivity index (χ1) is 14.5. The minimum absolute atomic E-state index is 3.35. The van der Waals surface area contributed by atoms with E-state index in [0.717, 1.165) is 0 Å². The highest BCUT2D eigenvalue weighted by atomic mass is 35.6. The van der Waals surface area contributed by atoms with Crippen molar-refractivity contribution in [3.05, 3.63) is 0 Å². The third-order valence-electron chi connectivity index (χ3n) is 3.87. The molecular weight excluding hydrogens is 621 g/mol. The molecule has 212 valence electrons. The number of rotatable bonds is 9. The Kier molecular flexibility index (Phi) is 7.70. The summed E-state index contributed by atoms with van der Waals surface area (Å²) < 4.78 is 295. The largest absolute Gasteiger partial charge is 0.597 e. The van der Waals surface area contributed by atoms with E-state index in [0.29, 0.717) is 0 Å². The SMILES string of the molecule is FC(F)(F)C(F)(F)C(F)(F)C(F)(F)C(F)(F)C(F)(F)C(F)(F)C(F)(F)C(F)(F)C(F)(F)[Si](F)(F)Cl. The van der Waals surface area contributed by atoms with E-state index in [4.69, 9.17) is 0 Å². The first-order valence-electron chi connectivity index (χ1n) is 7.04. The lowest BCUT2D eigenvalue weighted by atomic mass is 9.87. The Morgan fingerprint density at radius 1 is 0.314 bits per heavy atom. The fraction of sp³-hybridized carbons (Fsp3) is 1.00. The number of hydrogen-bond acceptors (Lipinski definition) is 0. The molecule has 0 heterocycles. The van der Waals surface area contributed by atoms with Crippen molar-refractivity contribution >= 4 is 19.1 Å². The predicted molar refractivity (Wildman–Crippen MR) is 64.4 cm³/mol. The van der Waals surface area contributed by atoms with Crippen LogP contribution in [0, 0.1) is 0 Å². The zero-order valence-corrected chi connectivity index (χ0v) is 16.3. The molecule has 0 aromatic rings. The molecule has 0 atom stereocenters. The van der Waals surface area contributed by atoms with Gasteiger partial charge in [-0.3, -0.25) is 0 Å². The molecule has 0 aromatic heterocycles. The Morgan fingerprint density at radius 2 is 0.486 bits per heavy atom. The molecule has 25 heteroatoms. The van der Waals surface area contributed by atoms with Gasteiger partial charge in [0.25, 0.3) is 0 Å². The Hall–Kier alpha value is -1.10. The number of halogens is 24. The highest BCUT2D eigenvalue weighted by Crippen LogP contribution is 2.66. The van der Waals surface area contributed by atoms with Crippen LogP contribution in [0.2, 0.25) is 0 Å². The van der Waals surface area contributed by atoms with Crippen molar-refractivity contribution in [1.29, 1.82) is 0 Å². The van der Waals surface area contributed by atoms with Crippen molar-refractivity contribution in [1.82, 2.24) is 0 Å². The van der Waals surface area contributed by atoms with E-state index in [1.54, 1.807) is 0 Å². The molecule has 0 bridgehead atoms. The van der Waals surface area contributed by atoms with Crippen LogP contribution in [0.4, 0.5) is 100 Å². The molecule has 0 radical (unpaired) electrons. The van der Waals surface area contributed by atoms with E-state index in [1.807, 2.05) is 0 Å². The molecule has 0 aliphatic heterocycles. The summed E-state index contributed by atoms with van der Waals surface area (Å²) in [7, 11) is -8.78. The molecule has 0 amide bonds. The van der Waals surface area contributed by atoms with E-state index in [2.05, 4.69) is 11.1 Å². The van der Waals surface area contributed by atoms with Crippen LogP contribution in [0.3, 0.4) is 0 Å². The Labute approximate surface area is 180 Å². The van der Waals surface area contributed by atoms with Crippen LogP contribution in [-0.2, 0) is 0 Å². The van der Waals surface area contributed by atoms with E-state index in [1.165, 1.54) is 0 Å². The Balaban J connectivity index is 7.15. The first kappa shape index (κ1) is 33.9. The fourth-order valence-corrected chi connectivity index (χ4v) is 2.61. The van der Waals surface area contributed by atoms with Crippen LogP contribution in [0.5, 0.6) is 0 Å². The van der Waals surface area contributed by atoms with Gasteiger partial charge in [-0.15, -0.1) is 0 Å². The highest BCUT2D eigenvalue weighted by molar-refractivity contribution is 7.13. The van der Waals surface area contributed by atoms with Crippen molar-refractivity contribution in [3.63, 3.8) is 0 Å². The van der Waals surface area contributed by atoms with Crippen LogP contribution in [0.25, 0.3) is 0 Å². The van der Waals surface area contributed by atoms with Gasteiger partial charge in [0.1, 0.15) is 0 Å². The molecule has 0 N–H and O–H groups in total. The summed E-state index contributed by atoms with van der Waals surface area (Å²) in [5.41, 5.74) is -8.02. The molecule has 0 fully saturated rings. The van der Waals surface area contributed by atoms with Crippen LogP contribution in [0.1, 0.15) is 0 Å². The second-order valence-electron chi connectivity index (χ2n) is 6.17. The minimum Gasteiger partial charge on any atom is -0.247 e. The summed E-state index contributed by atoms with van der Waals surface area (Å²) in [5.74, 6) is -72.5. The van der Waals surface area contributed by atoms with Crippen molar-refractivity contribution in [2.45, 2.75) is 59.1 Å². The van der Waals surface area contributed by atoms with Gasteiger partial charge in [0.05, 0.1) is 0 Å². The van der Waals surface area contributed by atoms with Gasteiger partial charge in [0.2, 0.25) is 0 Å². The molecule has 0 rings (SSSR count). The third kappa shape index (κ3) is 3.97. The maximum absolute atomic E-state index is 13.3. The van der Waals surface area contributed by atoms with Crippen molar-refractivity contribution in [2.24, 2.45) is 0 Å². The lowest BCUT2D eigenvalue weighted by Gasteiger charge is -2.44. The van der Waals surface area contributed by atoms with Crippen molar-refractivity contribution < 1.29 is 100 Å². The van der Waals surface area contributed by atoms with Crippen molar-refractivity contribution in [3.8, 4) is 0 Å². The van der Waals surface area contributed by atoms with Crippen LogP contribution in [-0.4, -0.2) is 67.2 Å². The number of hydrogen-bond donors (Lipinski definition) is 0. The van der Waals surface area contributed by atoms with Crippen LogP contribution in [0.15, 0.2) is 0 Å². The summed E-state index contributed by atoms with van der Waals surface area (Å²) in [4.78, 5) is 0. The lowest BCUT2D eigenvalue weighted by molar-refractivity contribution is -0.472. The maximum Gasteiger partial charge on any atom is 0.597 e. The van der Waals surface area contributed by atoms with Crippen LogP contribution < -0.4 is 0 Å². The van der Waals surface area contributed by atoms with E-state index in [-0.39, 0.29) is 0 Å². The van der Waals surface area contributed by atoms with Gasteiger partial charge < -0.3 is 0 Å². The molecule has 0 saturated carbocycles. The minimum atomic E-state index is -9.37. The molecule has 0 saturated heterocycles. The van der Waals surface area contributed by atoms with Gasteiger partial charge in [-0.25, -0.2) is 8.22 Å². The van der Waals surface area contributed by atoms with E-state index in [9.17, 15) is 100 Å². The molecule has 0 aliphatic rings. The molecule has 35 heavy (non-hydrogen) atoms. The van der Waals surface area contributed by atoms with Gasteiger partial charge >= 0.3 is 67.2 Å². The van der Waals surface area contributed by atoms with Gasteiger partial charge in [-0.05, 0) is 0 Å². The second-order valence-corrected chi connectivity index (χ2v) is 9.21. The Bertz CT molecular complexity index is 721. The summed E-state index contributed by atoms with van der Waals surface area (Å²) in [5, 5.41) is 0. The van der Waals surface area contributed by atoms with Crippen LogP contribution >= 0.6 is 11.1 Å². The van der Waals surface area contributed by atoms with Gasteiger partial charge in [0.15, 0.2) is 0 Å². The monoisotopic (exact) mass is 620 g/mol. The average Bonchev–Trinajstić information content (AvgIpc) is 2.58. The molecular formula is C10ClF23Si. The van der Waals surface area contributed by atoms with Gasteiger partial charge in [0, 0.05) is 0 Å². The highest BCUT2D eigenvalue weighted by Gasteiger charge is 2.99. The molecule has 0 spiro atoms. The quantitative estimate of drug-likeness (QED) is 0.140. The van der Waals surface area contributed by atoms with Gasteiger partial charge in [-0.1, -0.05) is 11.1 Å². The summed E-state index contributed by atoms with van der Waals surface area (Å²) >= 11 is 3.35.